The lowest BCUT2D eigenvalue weighted by atomic mass is 10.1. The molecule has 2 heterocycles. The fourth-order valence-corrected chi connectivity index (χ4v) is 2.96. The van der Waals surface area contributed by atoms with Gasteiger partial charge in [0.15, 0.2) is 5.84 Å². The maximum Gasteiger partial charge on any atom is 0.257 e. The molecule has 0 atom stereocenters. The molecule has 0 spiro atoms. The van der Waals surface area contributed by atoms with Gasteiger partial charge in [0.05, 0.1) is 11.3 Å². The molecule has 0 aromatic carbocycles. The number of hydrogen-bond donors (Lipinski definition) is 1. The highest BCUT2D eigenvalue weighted by atomic mass is 35.5. The van der Waals surface area contributed by atoms with Crippen molar-refractivity contribution in [2.24, 2.45) is 4.40 Å². The Labute approximate surface area is 130 Å². The average molecular weight is 335 g/mol. The first kappa shape index (κ1) is 17.7. The number of amidine groups is 1. The number of nitrogens with one attached hydrogen (secondary N) is 1. The van der Waals surface area contributed by atoms with E-state index < -0.39 is 10.0 Å². The number of allylic oxidation sites excluding steroid dienone is 2. The summed E-state index contributed by atoms with van der Waals surface area (Å²) < 4.78 is 27.0. The van der Waals surface area contributed by atoms with Crippen LogP contribution in [0.1, 0.15) is 0 Å². The Morgan fingerprint density at radius 2 is 2.24 bits per heavy atom. The van der Waals surface area contributed by atoms with E-state index >= 15 is 0 Å². The smallest absolute Gasteiger partial charge is 0.257 e. The van der Waals surface area contributed by atoms with Gasteiger partial charge in [-0.05, 0) is 19.2 Å². The van der Waals surface area contributed by atoms with E-state index in [0.717, 1.165) is 0 Å². The highest BCUT2D eigenvalue weighted by molar-refractivity contribution is 7.90. The van der Waals surface area contributed by atoms with Crippen LogP contribution in [0.4, 0.5) is 0 Å². The zero-order chi connectivity index (χ0) is 14.8. The second-order valence-corrected chi connectivity index (χ2v) is 6.40. The van der Waals surface area contributed by atoms with E-state index in [1.54, 1.807) is 42.2 Å². The molecule has 7 nitrogen and oxygen atoms in total. The quantitative estimate of drug-likeness (QED) is 0.755. The van der Waals surface area contributed by atoms with Crippen LogP contribution in [0.2, 0.25) is 0 Å². The SMILES string of the molecule is CNCCN(C)C(=O)C1=CC=CN2CCS(=O)(=O)N=C12.Cl. The predicted molar refractivity (Wildman–Crippen MR) is 84.0 cm³/mol. The van der Waals surface area contributed by atoms with Crippen LogP contribution in [0.5, 0.6) is 0 Å². The van der Waals surface area contributed by atoms with Crippen LogP contribution in [0.3, 0.4) is 0 Å². The van der Waals surface area contributed by atoms with Crippen molar-refractivity contribution >= 4 is 34.2 Å². The van der Waals surface area contributed by atoms with E-state index in [2.05, 4.69) is 9.71 Å². The number of amides is 1. The van der Waals surface area contributed by atoms with Gasteiger partial charge in [-0.25, -0.2) is 8.42 Å². The van der Waals surface area contributed by atoms with Crippen molar-refractivity contribution in [2.45, 2.75) is 0 Å². The zero-order valence-corrected chi connectivity index (χ0v) is 13.6. The minimum absolute atomic E-state index is 0. The van der Waals surface area contributed by atoms with Crippen LogP contribution in [-0.2, 0) is 14.8 Å². The zero-order valence-electron chi connectivity index (χ0n) is 11.9. The van der Waals surface area contributed by atoms with E-state index in [9.17, 15) is 13.2 Å². The summed E-state index contributed by atoms with van der Waals surface area (Å²) in [5.41, 5.74) is 0.314. The summed E-state index contributed by atoms with van der Waals surface area (Å²) >= 11 is 0. The van der Waals surface area contributed by atoms with Crippen molar-refractivity contribution in [3.8, 4) is 0 Å². The molecule has 21 heavy (non-hydrogen) atoms. The second kappa shape index (κ2) is 7.06. The lowest BCUT2D eigenvalue weighted by molar-refractivity contribution is -0.125. The Balaban J connectivity index is 0.00000220. The summed E-state index contributed by atoms with van der Waals surface area (Å²) in [6.45, 7) is 1.53. The Bertz CT molecular complexity index is 598. The molecular formula is C12H19ClN4O3S. The van der Waals surface area contributed by atoms with Crippen molar-refractivity contribution in [1.82, 2.24) is 15.1 Å². The normalized spacial score (nSPS) is 19.0. The molecule has 0 aliphatic carbocycles. The second-order valence-electron chi connectivity index (χ2n) is 4.65. The molecule has 0 bridgehead atoms. The lowest BCUT2D eigenvalue weighted by Crippen LogP contribution is -2.43. The van der Waals surface area contributed by atoms with Gasteiger partial charge in [-0.15, -0.1) is 16.8 Å². The number of sulfonamides is 1. The summed E-state index contributed by atoms with van der Waals surface area (Å²) in [7, 11) is 0.0139. The molecule has 2 aliphatic heterocycles. The molecule has 0 saturated carbocycles. The molecule has 0 aromatic rings. The van der Waals surface area contributed by atoms with Gasteiger partial charge in [0.1, 0.15) is 0 Å². The third kappa shape index (κ3) is 4.05. The first-order valence-electron chi connectivity index (χ1n) is 6.33. The van der Waals surface area contributed by atoms with Gasteiger partial charge in [-0.3, -0.25) is 4.79 Å². The fourth-order valence-electron chi connectivity index (χ4n) is 1.97. The van der Waals surface area contributed by atoms with Crippen molar-refractivity contribution in [3.63, 3.8) is 0 Å². The molecule has 9 heteroatoms. The van der Waals surface area contributed by atoms with Gasteiger partial charge < -0.3 is 15.1 Å². The Morgan fingerprint density at radius 3 is 2.90 bits per heavy atom. The van der Waals surface area contributed by atoms with Crippen LogP contribution in [0, 0.1) is 0 Å². The number of nitrogens with zero attached hydrogens (tertiary/aromatic N) is 3. The van der Waals surface area contributed by atoms with E-state index in [1.165, 1.54) is 0 Å². The fraction of sp³-hybridized carbons (Fsp3) is 0.500. The number of likely N-dealkylation sites (N-methyl/N-ethyl adjacent to an activating group) is 2. The van der Waals surface area contributed by atoms with Crippen LogP contribution >= 0.6 is 12.4 Å². The molecular weight excluding hydrogens is 316 g/mol. The van der Waals surface area contributed by atoms with Crippen molar-refractivity contribution in [1.29, 1.82) is 0 Å². The molecule has 0 fully saturated rings. The molecule has 118 valence electrons. The van der Waals surface area contributed by atoms with Gasteiger partial charge in [-0.1, -0.05) is 0 Å². The van der Waals surface area contributed by atoms with E-state index in [-0.39, 0.29) is 29.9 Å². The van der Waals surface area contributed by atoms with Crippen LogP contribution in [-0.4, -0.2) is 69.4 Å². The topological polar surface area (TPSA) is 82.1 Å². The predicted octanol–water partition coefficient (Wildman–Crippen LogP) is -0.416. The Hall–Kier alpha value is -1.38. The van der Waals surface area contributed by atoms with E-state index in [0.29, 0.717) is 25.2 Å². The molecule has 0 saturated heterocycles. The summed E-state index contributed by atoms with van der Waals surface area (Å²) in [5.74, 6) is -0.0386. The largest absolute Gasteiger partial charge is 0.340 e. The molecule has 0 unspecified atom stereocenters. The van der Waals surface area contributed by atoms with E-state index in [1.807, 2.05) is 0 Å². The van der Waals surface area contributed by atoms with Crippen molar-refractivity contribution in [2.75, 3.05) is 39.5 Å². The van der Waals surface area contributed by atoms with Gasteiger partial charge >= 0.3 is 0 Å². The maximum absolute atomic E-state index is 12.4. The first-order chi connectivity index (χ1) is 9.44. The summed E-state index contributed by atoms with van der Waals surface area (Å²) in [5, 5.41) is 2.96. The third-order valence-electron chi connectivity index (χ3n) is 3.13. The van der Waals surface area contributed by atoms with E-state index in [4.69, 9.17) is 0 Å². The van der Waals surface area contributed by atoms with Crippen LogP contribution in [0.15, 0.2) is 28.3 Å². The molecule has 1 N–H and O–H groups in total. The number of rotatable bonds is 4. The molecule has 2 rings (SSSR count). The standard InChI is InChI=1S/C12H18N4O3S.ClH/c1-13-5-7-15(2)12(17)10-4-3-6-16-8-9-20(18,19)14-11(10)16;/h3-4,6,13H,5,7-9H2,1-2H3;1H. The maximum atomic E-state index is 12.4. The first-order valence-corrected chi connectivity index (χ1v) is 7.94. The summed E-state index contributed by atoms with van der Waals surface area (Å²) in [6.07, 6.45) is 5.07. The van der Waals surface area contributed by atoms with Crippen molar-refractivity contribution < 1.29 is 13.2 Å². The molecule has 1 amide bonds. The third-order valence-corrected chi connectivity index (χ3v) is 4.28. The summed E-state index contributed by atoms with van der Waals surface area (Å²) in [6, 6.07) is 0. The molecule has 0 aromatic heterocycles. The molecule has 2 aliphatic rings. The Kier molecular flexibility index (Phi) is 5.94. The minimum atomic E-state index is -3.47. The number of carbonyl (C=O) groups is 1. The average Bonchev–Trinajstić information content (AvgIpc) is 2.42. The highest BCUT2D eigenvalue weighted by Gasteiger charge is 2.30. The van der Waals surface area contributed by atoms with Crippen LogP contribution in [0.25, 0.3) is 0 Å². The number of fused-ring (bicyclic) bond motifs is 1. The lowest BCUT2D eigenvalue weighted by Gasteiger charge is -2.30. The van der Waals surface area contributed by atoms with Gasteiger partial charge in [0, 0.05) is 32.9 Å². The van der Waals surface area contributed by atoms with Crippen LogP contribution < -0.4 is 5.32 Å². The number of carbonyl (C=O) groups excluding carboxylic acids is 1. The highest BCUT2D eigenvalue weighted by Crippen LogP contribution is 2.18. The number of halogens is 1. The van der Waals surface area contributed by atoms with Gasteiger partial charge in [0.25, 0.3) is 15.9 Å². The van der Waals surface area contributed by atoms with Gasteiger partial charge in [-0.2, -0.15) is 0 Å². The Morgan fingerprint density at radius 1 is 1.52 bits per heavy atom. The number of hydrogen-bond acceptors (Lipinski definition) is 5. The minimum Gasteiger partial charge on any atom is -0.340 e. The monoisotopic (exact) mass is 334 g/mol. The van der Waals surface area contributed by atoms with Gasteiger partial charge in [0.2, 0.25) is 0 Å². The summed E-state index contributed by atoms with van der Waals surface area (Å²) in [4.78, 5) is 15.6. The van der Waals surface area contributed by atoms with Crippen molar-refractivity contribution in [3.05, 3.63) is 23.9 Å². The molecule has 0 radical (unpaired) electrons.